The minimum atomic E-state index is 0. The van der Waals surface area contributed by atoms with E-state index in [1.165, 1.54) is 51.4 Å². The molecule has 2 N–H and O–H groups in total. The summed E-state index contributed by atoms with van der Waals surface area (Å²) in [6.07, 6.45) is 10.8. The monoisotopic (exact) mass is 379 g/mol. The van der Waals surface area contributed by atoms with Crippen LogP contribution in [-0.4, -0.2) is 24.6 Å². The highest BCUT2D eigenvalue weighted by Gasteiger charge is 2.36. The second kappa shape index (κ2) is 9.03. The van der Waals surface area contributed by atoms with Gasteiger partial charge in [-0.3, -0.25) is 4.99 Å². The molecular formula is C15H30IN3. The van der Waals surface area contributed by atoms with Crippen molar-refractivity contribution in [2.24, 2.45) is 10.9 Å². The Hall–Kier alpha value is 0. The topological polar surface area (TPSA) is 36.4 Å². The molecule has 0 aromatic heterocycles. The van der Waals surface area contributed by atoms with Crippen LogP contribution in [0.4, 0.5) is 0 Å². The third-order valence-electron chi connectivity index (χ3n) is 4.17. The van der Waals surface area contributed by atoms with Gasteiger partial charge in [0.2, 0.25) is 0 Å². The van der Waals surface area contributed by atoms with Crippen LogP contribution in [-0.2, 0) is 0 Å². The number of guanidine groups is 1. The summed E-state index contributed by atoms with van der Waals surface area (Å²) in [7, 11) is 0. The van der Waals surface area contributed by atoms with Gasteiger partial charge in [-0.2, -0.15) is 0 Å². The molecule has 0 heterocycles. The van der Waals surface area contributed by atoms with Crippen molar-refractivity contribution in [3.05, 3.63) is 0 Å². The van der Waals surface area contributed by atoms with E-state index >= 15 is 0 Å². The molecule has 2 saturated carbocycles. The average molecular weight is 379 g/mol. The molecule has 112 valence electrons. The first-order chi connectivity index (χ1) is 8.83. The molecule has 19 heavy (non-hydrogen) atoms. The lowest BCUT2D eigenvalue weighted by atomic mass is 9.96. The number of nitrogens with one attached hydrogen (secondary N) is 2. The van der Waals surface area contributed by atoms with E-state index in [9.17, 15) is 0 Å². The Labute approximate surface area is 135 Å². The molecule has 2 rings (SSSR count). The Balaban J connectivity index is 0.00000180. The Morgan fingerprint density at radius 1 is 1.11 bits per heavy atom. The molecule has 2 fully saturated rings. The summed E-state index contributed by atoms with van der Waals surface area (Å²) >= 11 is 0. The zero-order valence-corrected chi connectivity index (χ0v) is 14.8. The van der Waals surface area contributed by atoms with Gasteiger partial charge in [0, 0.05) is 18.6 Å². The van der Waals surface area contributed by atoms with Crippen molar-refractivity contribution in [2.75, 3.05) is 6.54 Å². The second-order valence-electron chi connectivity index (χ2n) is 5.84. The molecule has 0 bridgehead atoms. The predicted octanol–water partition coefficient (Wildman–Crippen LogP) is 3.68. The molecule has 0 aromatic carbocycles. The number of hydrogen-bond donors (Lipinski definition) is 2. The van der Waals surface area contributed by atoms with E-state index < -0.39 is 0 Å². The SMILES string of the molecule is CCCC1CC1NC(=NCC)NC1CCCCC1.I. The van der Waals surface area contributed by atoms with Gasteiger partial charge >= 0.3 is 0 Å². The predicted molar refractivity (Wildman–Crippen MR) is 93.3 cm³/mol. The minimum Gasteiger partial charge on any atom is -0.354 e. The summed E-state index contributed by atoms with van der Waals surface area (Å²) < 4.78 is 0. The summed E-state index contributed by atoms with van der Waals surface area (Å²) in [4.78, 5) is 4.59. The third-order valence-corrected chi connectivity index (χ3v) is 4.17. The molecule has 2 atom stereocenters. The van der Waals surface area contributed by atoms with Crippen molar-refractivity contribution in [2.45, 2.75) is 77.3 Å². The zero-order valence-electron chi connectivity index (χ0n) is 12.5. The summed E-state index contributed by atoms with van der Waals surface area (Å²) in [5, 5.41) is 7.24. The van der Waals surface area contributed by atoms with Crippen LogP contribution in [0.3, 0.4) is 0 Å². The van der Waals surface area contributed by atoms with Crippen molar-refractivity contribution >= 4 is 29.9 Å². The van der Waals surface area contributed by atoms with Crippen molar-refractivity contribution in [1.82, 2.24) is 10.6 Å². The normalized spacial score (nSPS) is 27.6. The lowest BCUT2D eigenvalue weighted by Crippen LogP contribution is -2.45. The molecule has 4 heteroatoms. The first kappa shape index (κ1) is 17.1. The van der Waals surface area contributed by atoms with Crippen LogP contribution in [0, 0.1) is 5.92 Å². The summed E-state index contributed by atoms with van der Waals surface area (Å²) in [6, 6.07) is 1.34. The molecule has 2 aliphatic rings. The van der Waals surface area contributed by atoms with E-state index in [-0.39, 0.29) is 24.0 Å². The highest BCUT2D eigenvalue weighted by Crippen LogP contribution is 2.34. The molecule has 0 aromatic rings. The fourth-order valence-corrected chi connectivity index (χ4v) is 3.02. The van der Waals surface area contributed by atoms with E-state index in [1.54, 1.807) is 0 Å². The Morgan fingerprint density at radius 3 is 2.47 bits per heavy atom. The molecule has 0 aliphatic heterocycles. The van der Waals surface area contributed by atoms with Crippen LogP contribution >= 0.6 is 24.0 Å². The fraction of sp³-hybridized carbons (Fsp3) is 0.933. The molecule has 0 amide bonds. The molecular weight excluding hydrogens is 349 g/mol. The van der Waals surface area contributed by atoms with Gasteiger partial charge in [0.15, 0.2) is 5.96 Å². The van der Waals surface area contributed by atoms with E-state index in [1.807, 2.05) is 0 Å². The quantitative estimate of drug-likeness (QED) is 0.434. The average Bonchev–Trinajstić information content (AvgIpc) is 3.09. The van der Waals surface area contributed by atoms with E-state index in [0.29, 0.717) is 12.1 Å². The Bertz CT molecular complexity index is 275. The van der Waals surface area contributed by atoms with Crippen LogP contribution in [0.2, 0.25) is 0 Å². The van der Waals surface area contributed by atoms with Gasteiger partial charge in [-0.25, -0.2) is 0 Å². The largest absolute Gasteiger partial charge is 0.354 e. The van der Waals surface area contributed by atoms with Crippen LogP contribution in [0.5, 0.6) is 0 Å². The van der Waals surface area contributed by atoms with Gasteiger partial charge in [-0.05, 0) is 38.5 Å². The molecule has 0 radical (unpaired) electrons. The molecule has 2 unspecified atom stereocenters. The summed E-state index contributed by atoms with van der Waals surface area (Å²) in [6.45, 7) is 5.25. The highest BCUT2D eigenvalue weighted by atomic mass is 127. The van der Waals surface area contributed by atoms with E-state index in [2.05, 4.69) is 29.5 Å². The van der Waals surface area contributed by atoms with Crippen molar-refractivity contribution in [3.63, 3.8) is 0 Å². The number of halogens is 1. The number of aliphatic imine (C=N–C) groups is 1. The Morgan fingerprint density at radius 2 is 1.84 bits per heavy atom. The van der Waals surface area contributed by atoms with Gasteiger partial charge in [0.05, 0.1) is 0 Å². The zero-order chi connectivity index (χ0) is 12.8. The van der Waals surface area contributed by atoms with Gasteiger partial charge < -0.3 is 10.6 Å². The maximum atomic E-state index is 4.59. The van der Waals surface area contributed by atoms with Gasteiger partial charge in [0.1, 0.15) is 0 Å². The van der Waals surface area contributed by atoms with Crippen molar-refractivity contribution in [1.29, 1.82) is 0 Å². The minimum absolute atomic E-state index is 0. The summed E-state index contributed by atoms with van der Waals surface area (Å²) in [5.41, 5.74) is 0. The fourth-order valence-electron chi connectivity index (χ4n) is 3.02. The number of nitrogens with zero attached hydrogens (tertiary/aromatic N) is 1. The van der Waals surface area contributed by atoms with Crippen LogP contribution in [0.1, 0.15) is 65.2 Å². The molecule has 0 saturated heterocycles. The van der Waals surface area contributed by atoms with Crippen molar-refractivity contribution in [3.8, 4) is 0 Å². The maximum Gasteiger partial charge on any atom is 0.191 e. The van der Waals surface area contributed by atoms with Gasteiger partial charge in [0.25, 0.3) is 0 Å². The first-order valence-corrected chi connectivity index (χ1v) is 7.91. The van der Waals surface area contributed by atoms with Crippen LogP contribution in [0.15, 0.2) is 4.99 Å². The maximum absolute atomic E-state index is 4.59. The van der Waals surface area contributed by atoms with Crippen LogP contribution in [0.25, 0.3) is 0 Å². The Kier molecular flexibility index (Phi) is 8.11. The lowest BCUT2D eigenvalue weighted by molar-refractivity contribution is 0.409. The van der Waals surface area contributed by atoms with Crippen LogP contribution < -0.4 is 10.6 Å². The highest BCUT2D eigenvalue weighted by molar-refractivity contribution is 14.0. The molecule has 2 aliphatic carbocycles. The van der Waals surface area contributed by atoms with Gasteiger partial charge in [-0.15, -0.1) is 24.0 Å². The molecule has 3 nitrogen and oxygen atoms in total. The van der Waals surface area contributed by atoms with Crippen molar-refractivity contribution < 1.29 is 0 Å². The third kappa shape index (κ3) is 5.88. The summed E-state index contributed by atoms with van der Waals surface area (Å²) in [5.74, 6) is 1.96. The number of rotatable bonds is 5. The first-order valence-electron chi connectivity index (χ1n) is 7.91. The molecule has 0 spiro atoms. The van der Waals surface area contributed by atoms with Gasteiger partial charge in [-0.1, -0.05) is 32.6 Å². The number of hydrogen-bond acceptors (Lipinski definition) is 1. The second-order valence-corrected chi connectivity index (χ2v) is 5.84. The van der Waals surface area contributed by atoms with E-state index in [4.69, 9.17) is 0 Å². The standard InChI is InChI=1S/C15H29N3.HI/c1-3-8-12-11-14(12)18-15(16-4-2)17-13-9-6-5-7-10-13;/h12-14H,3-11H2,1-2H3,(H2,16,17,18);1H. The van der Waals surface area contributed by atoms with E-state index in [0.717, 1.165) is 18.4 Å². The smallest absolute Gasteiger partial charge is 0.191 e. The lowest BCUT2D eigenvalue weighted by Gasteiger charge is -2.25.